The molecule has 2 N–H and O–H groups in total. The minimum Gasteiger partial charge on any atom is -0.385 e. The van der Waals surface area contributed by atoms with E-state index in [4.69, 9.17) is 4.74 Å². The zero-order valence-electron chi connectivity index (χ0n) is 17.2. The van der Waals surface area contributed by atoms with Crippen LogP contribution in [0.4, 0.5) is 0 Å². The number of ether oxygens (including phenoxy) is 1. The van der Waals surface area contributed by atoms with Gasteiger partial charge in [-0.3, -0.25) is 0 Å². The van der Waals surface area contributed by atoms with Crippen LogP contribution in [0.15, 0.2) is 55.3 Å². The summed E-state index contributed by atoms with van der Waals surface area (Å²) >= 11 is 0. The average molecular weight is 372 g/mol. The van der Waals surface area contributed by atoms with Gasteiger partial charge in [-0.2, -0.15) is 0 Å². The first kappa shape index (κ1) is 21.4. The largest absolute Gasteiger partial charge is 0.385 e. The highest BCUT2D eigenvalue weighted by Gasteiger charge is 2.17. The summed E-state index contributed by atoms with van der Waals surface area (Å²) in [5, 5.41) is 10.1. The molecule has 1 aromatic heterocycles. The van der Waals surface area contributed by atoms with Gasteiger partial charge in [0.2, 0.25) is 0 Å². The Bertz CT molecular complexity index is 698. The second kappa shape index (κ2) is 9.88. The van der Waals surface area contributed by atoms with Gasteiger partial charge < -0.3 is 19.3 Å². The Labute approximate surface area is 164 Å². The third kappa shape index (κ3) is 6.65. The molecule has 2 aromatic rings. The number of hydrogen-bond donors (Lipinski definition) is 2. The van der Waals surface area contributed by atoms with E-state index in [0.717, 1.165) is 19.6 Å². The summed E-state index contributed by atoms with van der Waals surface area (Å²) in [6, 6.07) is 13.2. The molecule has 0 saturated carbocycles. The summed E-state index contributed by atoms with van der Waals surface area (Å²) in [5.74, 6) is 0. The fourth-order valence-corrected chi connectivity index (χ4v) is 3.34. The minimum atomic E-state index is -0.460. The van der Waals surface area contributed by atoms with Crippen LogP contribution >= 0.6 is 0 Å². The Hall–Kier alpha value is -1.88. The average Bonchev–Trinajstić information content (AvgIpc) is 3.01. The molecule has 0 amide bonds. The number of quaternary nitrogens is 1. The lowest BCUT2D eigenvalue weighted by Gasteiger charge is -2.22. The molecule has 1 heterocycles. The lowest BCUT2D eigenvalue weighted by molar-refractivity contribution is -0.911. The molecule has 2 rings (SSSR count). The van der Waals surface area contributed by atoms with E-state index in [1.54, 1.807) is 7.11 Å². The number of benzene rings is 1. The van der Waals surface area contributed by atoms with E-state index in [2.05, 4.69) is 74.5 Å². The Morgan fingerprint density at radius 2 is 1.93 bits per heavy atom. The Morgan fingerprint density at radius 3 is 2.52 bits per heavy atom. The van der Waals surface area contributed by atoms with Crippen molar-refractivity contribution in [3.05, 3.63) is 72.1 Å². The highest BCUT2D eigenvalue weighted by Crippen LogP contribution is 2.22. The van der Waals surface area contributed by atoms with Gasteiger partial charge >= 0.3 is 0 Å². The molecule has 0 aliphatic heterocycles. The van der Waals surface area contributed by atoms with Crippen molar-refractivity contribution in [2.24, 2.45) is 0 Å². The molecule has 4 heteroatoms. The molecular formula is C23H35N2O2+. The second-order valence-electron chi connectivity index (χ2n) is 8.31. The highest BCUT2D eigenvalue weighted by atomic mass is 16.5. The molecule has 0 aliphatic rings. The number of hydrogen-bond acceptors (Lipinski definition) is 2. The van der Waals surface area contributed by atoms with E-state index in [1.165, 1.54) is 21.7 Å². The molecular weight excluding hydrogens is 336 g/mol. The zero-order chi connectivity index (χ0) is 19.9. The molecule has 0 fully saturated rings. The van der Waals surface area contributed by atoms with Crippen LogP contribution in [0.3, 0.4) is 0 Å². The third-order valence-electron chi connectivity index (χ3n) is 4.84. The topological polar surface area (TPSA) is 38.8 Å². The molecule has 148 valence electrons. The molecule has 2 atom stereocenters. The molecule has 27 heavy (non-hydrogen) atoms. The first-order valence-corrected chi connectivity index (χ1v) is 9.68. The molecule has 0 aliphatic carbocycles. The van der Waals surface area contributed by atoms with E-state index < -0.39 is 6.10 Å². The van der Waals surface area contributed by atoms with Crippen LogP contribution in [0.25, 0.3) is 0 Å². The predicted molar refractivity (Wildman–Crippen MR) is 111 cm³/mol. The van der Waals surface area contributed by atoms with Gasteiger partial charge in [-0.1, -0.05) is 51.6 Å². The summed E-state index contributed by atoms with van der Waals surface area (Å²) in [6.45, 7) is 14.1. The van der Waals surface area contributed by atoms with Gasteiger partial charge in [0.1, 0.15) is 19.2 Å². The Balaban J connectivity index is 2.06. The zero-order valence-corrected chi connectivity index (χ0v) is 17.2. The van der Waals surface area contributed by atoms with Crippen LogP contribution in [0.5, 0.6) is 0 Å². The van der Waals surface area contributed by atoms with Crippen molar-refractivity contribution in [2.45, 2.75) is 45.4 Å². The lowest BCUT2D eigenvalue weighted by atomic mass is 9.87. The van der Waals surface area contributed by atoms with E-state index in [1.807, 2.05) is 6.08 Å². The maximum Gasteiger partial charge on any atom is 0.126 e. The van der Waals surface area contributed by atoms with E-state index in [0.29, 0.717) is 13.2 Å². The van der Waals surface area contributed by atoms with E-state index >= 15 is 0 Å². The summed E-state index contributed by atoms with van der Waals surface area (Å²) in [5.41, 5.74) is 4.09. The van der Waals surface area contributed by atoms with Crippen LogP contribution in [0, 0.1) is 0 Å². The number of aliphatic hydroxyl groups excluding tert-OH is 1. The number of rotatable bonds is 10. The number of nitrogens with zero attached hydrogens (tertiary/aromatic N) is 1. The van der Waals surface area contributed by atoms with E-state index in [9.17, 15) is 5.11 Å². The minimum absolute atomic E-state index is 0.175. The van der Waals surface area contributed by atoms with Crippen molar-refractivity contribution >= 4 is 0 Å². The van der Waals surface area contributed by atoms with Crippen molar-refractivity contribution in [1.82, 2.24) is 4.57 Å². The normalized spacial score (nSPS) is 14.1. The quantitative estimate of drug-likeness (QED) is 0.630. The number of aromatic nitrogens is 1. The first-order chi connectivity index (χ1) is 12.8. The standard InChI is InChI=1S/C23H34N2O2/c1-6-13-24(17-22(26)18-27-5)16-21-8-7-14-25(21)15-19-9-11-20(12-10-19)23(2,3)4/h6-12,14,22,26H,1,13,15-18H2,2-5H3/p+1/t22-/m0/s1. The van der Waals surface area contributed by atoms with Crippen LogP contribution < -0.4 is 4.90 Å². The van der Waals surface area contributed by atoms with Crippen molar-refractivity contribution in [2.75, 3.05) is 26.8 Å². The molecule has 0 spiro atoms. The molecule has 1 aromatic carbocycles. The Morgan fingerprint density at radius 1 is 1.22 bits per heavy atom. The van der Waals surface area contributed by atoms with Gasteiger partial charge in [0.15, 0.2) is 0 Å². The molecule has 0 bridgehead atoms. The van der Waals surface area contributed by atoms with Crippen LogP contribution in [0.1, 0.15) is 37.6 Å². The summed E-state index contributed by atoms with van der Waals surface area (Å²) < 4.78 is 7.35. The monoisotopic (exact) mass is 371 g/mol. The summed E-state index contributed by atoms with van der Waals surface area (Å²) in [6.07, 6.45) is 3.58. The number of nitrogens with one attached hydrogen (secondary N) is 1. The summed E-state index contributed by atoms with van der Waals surface area (Å²) in [7, 11) is 1.62. The third-order valence-corrected chi connectivity index (χ3v) is 4.84. The molecule has 4 nitrogen and oxygen atoms in total. The van der Waals surface area contributed by atoms with Crippen molar-refractivity contribution < 1.29 is 14.7 Å². The van der Waals surface area contributed by atoms with Crippen LogP contribution in [0.2, 0.25) is 0 Å². The lowest BCUT2D eigenvalue weighted by Crippen LogP contribution is -3.11. The first-order valence-electron chi connectivity index (χ1n) is 9.68. The molecule has 0 saturated heterocycles. The fourth-order valence-electron chi connectivity index (χ4n) is 3.34. The fraction of sp³-hybridized carbons (Fsp3) is 0.478. The van der Waals surface area contributed by atoms with Gasteiger partial charge in [0.05, 0.1) is 18.8 Å². The van der Waals surface area contributed by atoms with Crippen molar-refractivity contribution in [3.63, 3.8) is 0 Å². The summed E-state index contributed by atoms with van der Waals surface area (Å²) in [4.78, 5) is 1.28. The van der Waals surface area contributed by atoms with Crippen LogP contribution in [-0.4, -0.2) is 42.6 Å². The van der Waals surface area contributed by atoms with Crippen LogP contribution in [-0.2, 0) is 23.2 Å². The maximum atomic E-state index is 10.1. The van der Waals surface area contributed by atoms with Gasteiger partial charge in [0, 0.05) is 19.9 Å². The van der Waals surface area contributed by atoms with E-state index in [-0.39, 0.29) is 5.41 Å². The van der Waals surface area contributed by atoms with Crippen molar-refractivity contribution in [3.8, 4) is 0 Å². The highest BCUT2D eigenvalue weighted by molar-refractivity contribution is 5.28. The van der Waals surface area contributed by atoms with Gasteiger partial charge in [-0.05, 0) is 34.8 Å². The SMILES string of the molecule is C=CC[NH+](Cc1cccn1Cc1ccc(C(C)(C)C)cc1)C[C@H](O)COC. The second-order valence-corrected chi connectivity index (χ2v) is 8.31. The molecule has 1 unspecified atom stereocenters. The maximum absolute atomic E-state index is 10.1. The van der Waals surface area contributed by atoms with Gasteiger partial charge in [-0.15, -0.1) is 0 Å². The number of methoxy groups -OCH3 is 1. The van der Waals surface area contributed by atoms with Gasteiger partial charge in [-0.25, -0.2) is 0 Å². The van der Waals surface area contributed by atoms with Gasteiger partial charge in [0.25, 0.3) is 0 Å². The predicted octanol–water partition coefficient (Wildman–Crippen LogP) is 2.41. The smallest absolute Gasteiger partial charge is 0.126 e. The van der Waals surface area contributed by atoms with Crippen molar-refractivity contribution in [1.29, 1.82) is 0 Å². The molecule has 0 radical (unpaired) electrons. The Kier molecular flexibility index (Phi) is 7.84. The number of aliphatic hydroxyl groups is 1.